The molecule has 0 radical (unpaired) electrons. The molecule has 2 atom stereocenters. The van der Waals surface area contributed by atoms with Gasteiger partial charge in [-0.25, -0.2) is 0 Å². The van der Waals surface area contributed by atoms with Crippen LogP contribution in [0.2, 0.25) is 0 Å². The molecule has 0 spiro atoms. The summed E-state index contributed by atoms with van der Waals surface area (Å²) in [7, 11) is 0. The van der Waals surface area contributed by atoms with Gasteiger partial charge in [0.05, 0.1) is 11.8 Å². The van der Waals surface area contributed by atoms with E-state index in [0.29, 0.717) is 13.0 Å². The molecule has 1 amide bonds. The van der Waals surface area contributed by atoms with Gasteiger partial charge in [-0.2, -0.15) is 0 Å². The molecule has 3 N–H and O–H groups in total. The van der Waals surface area contributed by atoms with E-state index in [-0.39, 0.29) is 24.9 Å². The number of benzene rings is 1. The second-order valence-electron chi connectivity index (χ2n) is 5.16. The van der Waals surface area contributed by atoms with Gasteiger partial charge in [0.2, 0.25) is 5.91 Å². The van der Waals surface area contributed by atoms with Crippen LogP contribution in [0, 0.1) is 5.92 Å². The topological polar surface area (TPSA) is 83.6 Å². The van der Waals surface area contributed by atoms with E-state index < -0.39 is 11.9 Å². The molecule has 5 heteroatoms. The number of carbonyl (C=O) groups is 2. The zero-order valence-electron chi connectivity index (χ0n) is 11.4. The first-order chi connectivity index (χ1) is 9.63. The van der Waals surface area contributed by atoms with Crippen molar-refractivity contribution >= 4 is 11.9 Å². The van der Waals surface area contributed by atoms with Crippen LogP contribution in [0.3, 0.4) is 0 Å². The number of piperidine rings is 1. The Kier molecular flexibility index (Phi) is 4.74. The number of carboxylic acids is 1. The summed E-state index contributed by atoms with van der Waals surface area (Å²) in [5, 5.41) is 9.09. The van der Waals surface area contributed by atoms with Crippen LogP contribution in [0.25, 0.3) is 0 Å². The molecule has 2 rings (SSSR count). The van der Waals surface area contributed by atoms with Crippen LogP contribution < -0.4 is 5.73 Å². The fraction of sp³-hybridized carbons (Fsp3) is 0.467. The second-order valence-corrected chi connectivity index (χ2v) is 5.16. The number of rotatable bonds is 4. The van der Waals surface area contributed by atoms with Crippen molar-refractivity contribution in [3.63, 3.8) is 0 Å². The van der Waals surface area contributed by atoms with E-state index in [1.54, 1.807) is 4.90 Å². The van der Waals surface area contributed by atoms with Gasteiger partial charge in [0, 0.05) is 19.6 Å². The fourth-order valence-electron chi connectivity index (χ4n) is 2.66. The molecule has 1 aliphatic rings. The lowest BCUT2D eigenvalue weighted by molar-refractivity contribution is -0.146. The van der Waals surface area contributed by atoms with Crippen molar-refractivity contribution in [1.82, 2.24) is 4.90 Å². The lowest BCUT2D eigenvalue weighted by Gasteiger charge is -2.33. The van der Waals surface area contributed by atoms with E-state index in [0.717, 1.165) is 12.0 Å². The summed E-state index contributed by atoms with van der Waals surface area (Å²) in [6.45, 7) is 1.14. The number of hydrogen-bond donors (Lipinski definition) is 2. The fourth-order valence-corrected chi connectivity index (χ4v) is 2.66. The minimum Gasteiger partial charge on any atom is -0.481 e. The highest BCUT2D eigenvalue weighted by Crippen LogP contribution is 2.22. The predicted molar refractivity (Wildman–Crippen MR) is 75.2 cm³/mol. The molecule has 1 aliphatic heterocycles. The molecule has 1 unspecified atom stereocenters. The summed E-state index contributed by atoms with van der Waals surface area (Å²) >= 11 is 0. The number of nitrogens with two attached hydrogens (primary N) is 1. The average molecular weight is 276 g/mol. The van der Waals surface area contributed by atoms with E-state index in [4.69, 9.17) is 10.8 Å². The Morgan fingerprint density at radius 1 is 1.35 bits per heavy atom. The van der Waals surface area contributed by atoms with Crippen molar-refractivity contribution in [2.45, 2.75) is 18.8 Å². The molecule has 1 fully saturated rings. The standard InChI is InChI=1S/C15H20N2O3/c16-9-13(11-5-2-1-3-6-11)14(18)17-8-4-7-12(10-17)15(19)20/h1-3,5-6,12-13H,4,7-10,16H2,(H,19,20)/t12-,13?/m0/s1. The molecule has 0 aromatic heterocycles. The number of hydrogen-bond acceptors (Lipinski definition) is 3. The largest absolute Gasteiger partial charge is 0.481 e. The average Bonchev–Trinajstić information content (AvgIpc) is 2.49. The van der Waals surface area contributed by atoms with Crippen LogP contribution in [0.4, 0.5) is 0 Å². The molecular weight excluding hydrogens is 256 g/mol. The first-order valence-corrected chi connectivity index (χ1v) is 6.90. The maximum absolute atomic E-state index is 12.6. The lowest BCUT2D eigenvalue weighted by Crippen LogP contribution is -2.45. The minimum atomic E-state index is -0.827. The maximum Gasteiger partial charge on any atom is 0.308 e. The highest BCUT2D eigenvalue weighted by molar-refractivity contribution is 5.84. The van der Waals surface area contributed by atoms with Crippen LogP contribution in [0.1, 0.15) is 24.3 Å². The number of amides is 1. The van der Waals surface area contributed by atoms with Gasteiger partial charge in [0.1, 0.15) is 0 Å². The van der Waals surface area contributed by atoms with E-state index >= 15 is 0 Å². The first kappa shape index (κ1) is 14.5. The Hall–Kier alpha value is -1.88. The van der Waals surface area contributed by atoms with Crippen LogP contribution in [-0.2, 0) is 9.59 Å². The Morgan fingerprint density at radius 2 is 2.05 bits per heavy atom. The Morgan fingerprint density at radius 3 is 2.65 bits per heavy atom. The number of nitrogens with zero attached hydrogens (tertiary/aromatic N) is 1. The Labute approximate surface area is 118 Å². The third-order valence-corrected chi connectivity index (χ3v) is 3.82. The molecule has 5 nitrogen and oxygen atoms in total. The first-order valence-electron chi connectivity index (χ1n) is 6.90. The molecule has 20 heavy (non-hydrogen) atoms. The van der Waals surface area contributed by atoms with Crippen molar-refractivity contribution in [2.75, 3.05) is 19.6 Å². The number of carboxylic acid groups (broad SMARTS) is 1. The van der Waals surface area contributed by atoms with E-state index in [1.165, 1.54) is 0 Å². The van der Waals surface area contributed by atoms with Gasteiger partial charge in [-0.3, -0.25) is 9.59 Å². The summed E-state index contributed by atoms with van der Waals surface area (Å²) in [4.78, 5) is 25.3. The third kappa shape index (κ3) is 3.17. The quantitative estimate of drug-likeness (QED) is 0.861. The minimum absolute atomic E-state index is 0.0651. The number of likely N-dealkylation sites (tertiary alicyclic amines) is 1. The van der Waals surface area contributed by atoms with Crippen molar-refractivity contribution in [1.29, 1.82) is 0 Å². The van der Waals surface area contributed by atoms with Crippen molar-refractivity contribution in [3.05, 3.63) is 35.9 Å². The van der Waals surface area contributed by atoms with Gasteiger partial charge < -0.3 is 15.7 Å². The van der Waals surface area contributed by atoms with Crippen LogP contribution in [0.5, 0.6) is 0 Å². The molecule has 0 saturated carbocycles. The predicted octanol–water partition coefficient (Wildman–Crippen LogP) is 1.05. The molecule has 1 saturated heterocycles. The van der Waals surface area contributed by atoms with Gasteiger partial charge in [-0.1, -0.05) is 30.3 Å². The maximum atomic E-state index is 12.6. The monoisotopic (exact) mass is 276 g/mol. The van der Waals surface area contributed by atoms with Crippen molar-refractivity contribution in [3.8, 4) is 0 Å². The number of carbonyl (C=O) groups excluding carboxylic acids is 1. The molecule has 0 aliphatic carbocycles. The molecule has 0 bridgehead atoms. The van der Waals surface area contributed by atoms with Gasteiger partial charge in [0.25, 0.3) is 0 Å². The van der Waals surface area contributed by atoms with E-state index in [1.807, 2.05) is 30.3 Å². The highest BCUT2D eigenvalue weighted by atomic mass is 16.4. The van der Waals surface area contributed by atoms with E-state index in [9.17, 15) is 9.59 Å². The zero-order valence-corrected chi connectivity index (χ0v) is 11.4. The zero-order chi connectivity index (χ0) is 14.5. The number of aliphatic carboxylic acids is 1. The Bertz CT molecular complexity index is 475. The van der Waals surface area contributed by atoms with Gasteiger partial charge in [0.15, 0.2) is 0 Å². The van der Waals surface area contributed by atoms with Gasteiger partial charge >= 0.3 is 5.97 Å². The summed E-state index contributed by atoms with van der Waals surface area (Å²) in [5.41, 5.74) is 6.63. The smallest absolute Gasteiger partial charge is 0.308 e. The molecule has 108 valence electrons. The van der Waals surface area contributed by atoms with Crippen LogP contribution in [0.15, 0.2) is 30.3 Å². The van der Waals surface area contributed by atoms with Crippen molar-refractivity contribution in [2.24, 2.45) is 11.7 Å². The summed E-state index contributed by atoms with van der Waals surface area (Å²) < 4.78 is 0. The lowest BCUT2D eigenvalue weighted by atomic mass is 9.93. The SMILES string of the molecule is NCC(C(=O)N1CCC[C@H](C(=O)O)C1)c1ccccc1. The van der Waals surface area contributed by atoms with Crippen molar-refractivity contribution < 1.29 is 14.7 Å². The summed E-state index contributed by atoms with van der Waals surface area (Å²) in [6, 6.07) is 9.41. The van der Waals surface area contributed by atoms with Gasteiger partial charge in [-0.15, -0.1) is 0 Å². The molecule has 1 aromatic carbocycles. The van der Waals surface area contributed by atoms with E-state index in [2.05, 4.69) is 0 Å². The van der Waals surface area contributed by atoms with Crippen LogP contribution in [-0.4, -0.2) is 41.5 Å². The molecule has 1 aromatic rings. The van der Waals surface area contributed by atoms with Crippen LogP contribution >= 0.6 is 0 Å². The normalized spacial score (nSPS) is 20.4. The summed E-state index contributed by atoms with van der Waals surface area (Å²) in [5.74, 6) is -1.73. The highest BCUT2D eigenvalue weighted by Gasteiger charge is 2.31. The molecule has 1 heterocycles. The Balaban J connectivity index is 2.11. The second kappa shape index (κ2) is 6.52. The third-order valence-electron chi connectivity index (χ3n) is 3.82. The summed E-state index contributed by atoms with van der Waals surface area (Å²) in [6.07, 6.45) is 1.37. The van der Waals surface area contributed by atoms with Gasteiger partial charge in [-0.05, 0) is 18.4 Å². The molecular formula is C15H20N2O3.